The summed E-state index contributed by atoms with van der Waals surface area (Å²) < 4.78 is 5.89. The third-order valence-corrected chi connectivity index (χ3v) is 3.15. The molecule has 0 radical (unpaired) electrons. The Kier molecular flexibility index (Phi) is 4.52. The molecule has 2 rings (SSSR count). The number of ether oxygens (including phenoxy) is 1. The topological polar surface area (TPSA) is 76.1 Å². The van der Waals surface area contributed by atoms with Crippen LogP contribution in [0.15, 0.2) is 35.1 Å². The summed E-state index contributed by atoms with van der Waals surface area (Å²) >= 11 is 3.36. The maximum atomic E-state index is 12.1. The number of anilines is 2. The molecule has 2 aromatic rings. The Morgan fingerprint density at radius 2 is 2.15 bits per heavy atom. The van der Waals surface area contributed by atoms with E-state index in [0.717, 1.165) is 4.47 Å². The average molecular weight is 337 g/mol. The highest BCUT2D eigenvalue weighted by molar-refractivity contribution is 9.10. The van der Waals surface area contributed by atoms with Crippen molar-refractivity contribution in [2.45, 2.75) is 0 Å². The number of benzene rings is 1. The van der Waals surface area contributed by atoms with Gasteiger partial charge in [0.25, 0.3) is 5.91 Å². The summed E-state index contributed by atoms with van der Waals surface area (Å²) in [5.74, 6) is 0.903. The lowest BCUT2D eigenvalue weighted by Gasteiger charge is -2.08. The van der Waals surface area contributed by atoms with Crippen LogP contribution in [-0.2, 0) is 0 Å². The molecule has 1 heterocycles. The van der Waals surface area contributed by atoms with Crippen molar-refractivity contribution in [3.63, 3.8) is 0 Å². The van der Waals surface area contributed by atoms with Crippen LogP contribution >= 0.6 is 15.9 Å². The molecule has 0 aliphatic carbocycles. The number of carbonyl (C=O) groups excluding carboxylic acids is 1. The van der Waals surface area contributed by atoms with Crippen LogP contribution in [0, 0.1) is 0 Å². The van der Waals surface area contributed by atoms with Gasteiger partial charge in [0, 0.05) is 12.7 Å². The Morgan fingerprint density at radius 3 is 2.80 bits per heavy atom. The largest absolute Gasteiger partial charge is 0.496 e. The monoisotopic (exact) mass is 336 g/mol. The zero-order valence-corrected chi connectivity index (χ0v) is 12.6. The number of carbonyl (C=O) groups is 1. The number of hydrogen-bond donors (Lipinski definition) is 2. The van der Waals surface area contributed by atoms with Gasteiger partial charge in [-0.25, -0.2) is 4.98 Å². The van der Waals surface area contributed by atoms with E-state index in [1.807, 2.05) is 0 Å². The molecule has 0 saturated heterocycles. The van der Waals surface area contributed by atoms with Crippen molar-refractivity contribution in [1.82, 2.24) is 9.97 Å². The number of amides is 1. The minimum Gasteiger partial charge on any atom is -0.496 e. The quantitative estimate of drug-likeness (QED) is 0.897. The SMILES string of the molecule is CNc1cncc(C(=O)Nc2ccc(OC)c(Br)c2)n1. The van der Waals surface area contributed by atoms with Gasteiger partial charge in [0.1, 0.15) is 17.3 Å². The fourth-order valence-electron chi connectivity index (χ4n) is 1.54. The number of rotatable bonds is 4. The number of methoxy groups -OCH3 is 1. The first-order valence-corrected chi connectivity index (χ1v) is 6.58. The van der Waals surface area contributed by atoms with Gasteiger partial charge < -0.3 is 15.4 Å². The molecule has 0 saturated carbocycles. The summed E-state index contributed by atoms with van der Waals surface area (Å²) in [4.78, 5) is 20.1. The number of hydrogen-bond acceptors (Lipinski definition) is 5. The second kappa shape index (κ2) is 6.33. The van der Waals surface area contributed by atoms with Crippen LogP contribution in [0.3, 0.4) is 0 Å². The molecule has 1 aromatic heterocycles. The molecule has 0 aliphatic rings. The first-order chi connectivity index (χ1) is 9.63. The molecule has 1 aromatic carbocycles. The molecule has 0 spiro atoms. The molecular weight excluding hydrogens is 324 g/mol. The van der Waals surface area contributed by atoms with Crippen LogP contribution in [-0.4, -0.2) is 30.0 Å². The highest BCUT2D eigenvalue weighted by Gasteiger charge is 2.10. The third kappa shape index (κ3) is 3.24. The summed E-state index contributed by atoms with van der Waals surface area (Å²) in [7, 11) is 3.30. The first kappa shape index (κ1) is 14.3. The van der Waals surface area contributed by atoms with Gasteiger partial charge >= 0.3 is 0 Å². The second-order valence-electron chi connectivity index (χ2n) is 3.84. The molecule has 2 N–H and O–H groups in total. The van der Waals surface area contributed by atoms with Crippen molar-refractivity contribution < 1.29 is 9.53 Å². The van der Waals surface area contributed by atoms with E-state index in [9.17, 15) is 4.79 Å². The van der Waals surface area contributed by atoms with Gasteiger partial charge in [-0.3, -0.25) is 9.78 Å². The van der Waals surface area contributed by atoms with Crippen molar-refractivity contribution in [2.24, 2.45) is 0 Å². The lowest BCUT2D eigenvalue weighted by atomic mass is 10.3. The van der Waals surface area contributed by atoms with Gasteiger partial charge in [-0.15, -0.1) is 0 Å². The average Bonchev–Trinajstić information content (AvgIpc) is 2.47. The van der Waals surface area contributed by atoms with Gasteiger partial charge in [-0.1, -0.05) is 0 Å². The normalized spacial score (nSPS) is 9.95. The predicted molar refractivity (Wildman–Crippen MR) is 80.2 cm³/mol. The Bertz CT molecular complexity index is 634. The Hall–Kier alpha value is -2.15. The van der Waals surface area contributed by atoms with Gasteiger partial charge in [0.2, 0.25) is 0 Å². The minimum atomic E-state index is -0.327. The Balaban J connectivity index is 2.16. The number of aromatic nitrogens is 2. The van der Waals surface area contributed by atoms with E-state index in [-0.39, 0.29) is 11.6 Å². The van der Waals surface area contributed by atoms with E-state index < -0.39 is 0 Å². The fraction of sp³-hybridized carbons (Fsp3) is 0.154. The fourth-order valence-corrected chi connectivity index (χ4v) is 2.08. The number of nitrogens with one attached hydrogen (secondary N) is 2. The van der Waals surface area contributed by atoms with Crippen molar-refractivity contribution in [1.29, 1.82) is 0 Å². The summed E-state index contributed by atoms with van der Waals surface area (Å²) in [5, 5.41) is 5.58. The van der Waals surface area contributed by atoms with Crippen LogP contribution in [0.5, 0.6) is 5.75 Å². The van der Waals surface area contributed by atoms with E-state index in [4.69, 9.17) is 4.74 Å². The molecule has 0 unspecified atom stereocenters. The summed E-state index contributed by atoms with van der Waals surface area (Å²) in [6, 6.07) is 5.26. The van der Waals surface area contributed by atoms with Gasteiger partial charge in [-0.2, -0.15) is 0 Å². The molecule has 6 nitrogen and oxygen atoms in total. The van der Waals surface area contributed by atoms with Crippen LogP contribution < -0.4 is 15.4 Å². The summed E-state index contributed by atoms with van der Waals surface area (Å²) in [6.07, 6.45) is 2.95. The van der Waals surface area contributed by atoms with E-state index >= 15 is 0 Å². The lowest BCUT2D eigenvalue weighted by molar-refractivity contribution is 0.102. The molecule has 0 bridgehead atoms. The van der Waals surface area contributed by atoms with E-state index in [1.165, 1.54) is 6.20 Å². The first-order valence-electron chi connectivity index (χ1n) is 5.78. The highest BCUT2D eigenvalue weighted by Crippen LogP contribution is 2.27. The van der Waals surface area contributed by atoms with E-state index in [1.54, 1.807) is 38.6 Å². The zero-order valence-electron chi connectivity index (χ0n) is 11.0. The van der Waals surface area contributed by atoms with Crippen molar-refractivity contribution in [2.75, 3.05) is 24.8 Å². The third-order valence-electron chi connectivity index (χ3n) is 2.53. The molecular formula is C13H13BrN4O2. The lowest BCUT2D eigenvalue weighted by Crippen LogP contribution is -2.14. The van der Waals surface area contributed by atoms with Crippen LogP contribution in [0.2, 0.25) is 0 Å². The van der Waals surface area contributed by atoms with E-state index in [2.05, 4.69) is 36.5 Å². The molecule has 1 amide bonds. The second-order valence-corrected chi connectivity index (χ2v) is 4.70. The van der Waals surface area contributed by atoms with Crippen molar-refractivity contribution >= 4 is 33.3 Å². The molecule has 20 heavy (non-hydrogen) atoms. The molecule has 104 valence electrons. The Morgan fingerprint density at radius 1 is 1.35 bits per heavy atom. The summed E-state index contributed by atoms with van der Waals surface area (Å²) in [6.45, 7) is 0. The number of nitrogens with zero attached hydrogens (tertiary/aromatic N) is 2. The highest BCUT2D eigenvalue weighted by atomic mass is 79.9. The summed E-state index contributed by atoms with van der Waals surface area (Å²) in [5.41, 5.74) is 0.878. The van der Waals surface area contributed by atoms with Crippen LogP contribution in [0.25, 0.3) is 0 Å². The van der Waals surface area contributed by atoms with Gasteiger partial charge in [0.05, 0.1) is 24.0 Å². The standard InChI is InChI=1S/C13H13BrN4O2/c1-15-12-7-16-6-10(18-12)13(19)17-8-3-4-11(20-2)9(14)5-8/h3-7H,1-2H3,(H,15,18)(H,17,19). The van der Waals surface area contributed by atoms with Crippen molar-refractivity contribution in [3.05, 3.63) is 40.8 Å². The van der Waals surface area contributed by atoms with Crippen molar-refractivity contribution in [3.8, 4) is 5.75 Å². The smallest absolute Gasteiger partial charge is 0.275 e. The maximum absolute atomic E-state index is 12.1. The zero-order chi connectivity index (χ0) is 14.5. The predicted octanol–water partition coefficient (Wildman–Crippen LogP) is 2.54. The molecule has 0 atom stereocenters. The number of halogens is 1. The van der Waals surface area contributed by atoms with Gasteiger partial charge in [-0.05, 0) is 34.1 Å². The molecule has 0 fully saturated rings. The maximum Gasteiger partial charge on any atom is 0.275 e. The molecule has 0 aliphatic heterocycles. The van der Waals surface area contributed by atoms with E-state index in [0.29, 0.717) is 17.3 Å². The van der Waals surface area contributed by atoms with Crippen LogP contribution in [0.1, 0.15) is 10.5 Å². The Labute approximate surface area is 124 Å². The van der Waals surface area contributed by atoms with Gasteiger partial charge in [0.15, 0.2) is 0 Å². The minimum absolute atomic E-state index is 0.240. The molecule has 7 heteroatoms. The van der Waals surface area contributed by atoms with Crippen LogP contribution in [0.4, 0.5) is 11.5 Å².